The number of pyridine rings is 1. The van der Waals surface area contributed by atoms with Gasteiger partial charge in [0.05, 0.1) is 17.9 Å². The fourth-order valence-corrected chi connectivity index (χ4v) is 3.45. The van der Waals surface area contributed by atoms with E-state index in [-0.39, 0.29) is 17.6 Å². The molecule has 0 N–H and O–H groups in total. The number of carbonyl (C=O) groups excluding carboxylic acids is 1. The number of benzene rings is 1. The van der Waals surface area contributed by atoms with Gasteiger partial charge in [-0.05, 0) is 49.7 Å². The molecular weight excluding hydrogens is 355 g/mol. The lowest BCUT2D eigenvalue weighted by atomic mass is 10.0. The minimum Gasteiger partial charge on any atom is -0.302 e. The predicted octanol–water partition coefficient (Wildman–Crippen LogP) is 4.27. The molecule has 3 heterocycles. The van der Waals surface area contributed by atoms with Crippen LogP contribution in [0, 0.1) is 12.7 Å². The van der Waals surface area contributed by atoms with Gasteiger partial charge in [-0.15, -0.1) is 0 Å². The van der Waals surface area contributed by atoms with Crippen LogP contribution in [0.4, 0.5) is 10.1 Å². The topological polar surface area (TPSA) is 51.0 Å². The molecule has 0 saturated carbocycles. The predicted molar refractivity (Wildman–Crippen MR) is 98.0 cm³/mol. The average Bonchev–Trinajstić information content (AvgIpc) is 3.04. The molecule has 0 spiro atoms. The normalized spacial score (nSPS) is 16.7. The molecule has 1 aliphatic rings. The highest BCUT2D eigenvalue weighted by Crippen LogP contribution is 2.34. The van der Waals surface area contributed by atoms with Crippen molar-refractivity contribution >= 4 is 23.2 Å². The van der Waals surface area contributed by atoms with Crippen molar-refractivity contribution < 1.29 is 9.18 Å². The van der Waals surface area contributed by atoms with Gasteiger partial charge in [0.2, 0.25) is 0 Å². The molecule has 7 heteroatoms. The van der Waals surface area contributed by atoms with Crippen molar-refractivity contribution in [2.24, 2.45) is 0 Å². The minimum atomic E-state index is -0.521. The summed E-state index contributed by atoms with van der Waals surface area (Å²) < 4.78 is 16.1. The maximum atomic E-state index is 14.4. The van der Waals surface area contributed by atoms with E-state index in [9.17, 15) is 9.18 Å². The van der Waals surface area contributed by atoms with E-state index in [0.717, 1.165) is 11.3 Å². The van der Waals surface area contributed by atoms with Crippen molar-refractivity contribution in [1.82, 2.24) is 14.8 Å². The lowest BCUT2D eigenvalue weighted by Crippen LogP contribution is -2.43. The first-order chi connectivity index (χ1) is 12.5. The first kappa shape index (κ1) is 16.7. The number of carbonyl (C=O) groups is 1. The number of nitrogens with zero attached hydrogens (tertiary/aromatic N) is 4. The van der Waals surface area contributed by atoms with Crippen LogP contribution in [0.1, 0.15) is 29.1 Å². The third-order valence-electron chi connectivity index (χ3n) is 4.52. The fourth-order valence-electron chi connectivity index (χ4n) is 3.29. The number of fused-ring (bicyclic) bond motifs is 1. The Labute approximate surface area is 155 Å². The van der Waals surface area contributed by atoms with E-state index in [1.807, 2.05) is 26.0 Å². The Bertz CT molecular complexity index is 1020. The van der Waals surface area contributed by atoms with Gasteiger partial charge in [0, 0.05) is 29.0 Å². The summed E-state index contributed by atoms with van der Waals surface area (Å²) >= 11 is 5.84. The van der Waals surface area contributed by atoms with E-state index in [0.29, 0.717) is 22.8 Å². The molecule has 26 heavy (non-hydrogen) atoms. The second-order valence-corrected chi connectivity index (χ2v) is 6.83. The Balaban J connectivity index is 1.83. The third-order valence-corrected chi connectivity index (χ3v) is 4.75. The van der Waals surface area contributed by atoms with Gasteiger partial charge in [0.25, 0.3) is 5.91 Å². The van der Waals surface area contributed by atoms with Crippen LogP contribution < -0.4 is 4.90 Å². The zero-order chi connectivity index (χ0) is 18.4. The Morgan fingerprint density at radius 3 is 2.81 bits per heavy atom. The van der Waals surface area contributed by atoms with Crippen LogP contribution in [-0.2, 0) is 0 Å². The summed E-state index contributed by atoms with van der Waals surface area (Å²) in [6.45, 7) is 4.17. The number of amides is 1. The SMILES string of the molecule is Cc1cc(-c2cnn3c2C(=O)N(c2ccc(Cl)cc2F)CC3C)ccn1. The molecule has 1 aliphatic heterocycles. The van der Waals surface area contributed by atoms with Gasteiger partial charge in [0.15, 0.2) is 0 Å². The highest BCUT2D eigenvalue weighted by molar-refractivity contribution is 6.30. The lowest BCUT2D eigenvalue weighted by molar-refractivity contribution is 0.0953. The highest BCUT2D eigenvalue weighted by Gasteiger charge is 2.34. The molecular formula is C19H16ClFN4O. The smallest absolute Gasteiger partial charge is 0.277 e. The number of hydrogen-bond donors (Lipinski definition) is 0. The third kappa shape index (κ3) is 2.66. The minimum absolute atomic E-state index is 0.0885. The standard InChI is InChI=1S/C19H16ClFN4O/c1-11-7-13(5-6-22-11)15-9-23-25-12(2)10-24(19(26)18(15)25)17-4-3-14(20)8-16(17)21/h3-9,12H,10H2,1-2H3. The van der Waals surface area contributed by atoms with Crippen LogP contribution in [0.2, 0.25) is 5.02 Å². The van der Waals surface area contributed by atoms with Gasteiger partial charge < -0.3 is 4.90 Å². The molecule has 0 saturated heterocycles. The average molecular weight is 371 g/mol. The van der Waals surface area contributed by atoms with E-state index >= 15 is 0 Å². The largest absolute Gasteiger partial charge is 0.302 e. The summed E-state index contributed by atoms with van der Waals surface area (Å²) in [5.74, 6) is -0.807. The van der Waals surface area contributed by atoms with E-state index in [2.05, 4.69) is 10.1 Å². The number of aromatic nitrogens is 3. The molecule has 0 radical (unpaired) electrons. The molecule has 3 aromatic rings. The Hall–Kier alpha value is -2.73. The molecule has 5 nitrogen and oxygen atoms in total. The molecule has 0 bridgehead atoms. The highest BCUT2D eigenvalue weighted by atomic mass is 35.5. The van der Waals surface area contributed by atoms with Gasteiger partial charge >= 0.3 is 0 Å². The second-order valence-electron chi connectivity index (χ2n) is 6.40. The molecule has 1 amide bonds. The molecule has 1 aromatic carbocycles. The summed E-state index contributed by atoms with van der Waals surface area (Å²) in [7, 11) is 0. The van der Waals surface area contributed by atoms with Crippen molar-refractivity contribution in [3.05, 3.63) is 65.0 Å². The molecule has 1 atom stereocenters. The van der Waals surface area contributed by atoms with Crippen molar-refractivity contribution in [3.8, 4) is 11.1 Å². The van der Waals surface area contributed by atoms with Gasteiger partial charge in [-0.1, -0.05) is 11.6 Å². The van der Waals surface area contributed by atoms with Gasteiger partial charge in [-0.25, -0.2) is 4.39 Å². The maximum Gasteiger partial charge on any atom is 0.277 e. The molecule has 132 valence electrons. The summed E-state index contributed by atoms with van der Waals surface area (Å²) in [5.41, 5.74) is 3.09. The van der Waals surface area contributed by atoms with Crippen LogP contribution in [-0.4, -0.2) is 27.2 Å². The summed E-state index contributed by atoms with van der Waals surface area (Å²) in [5, 5.41) is 4.69. The lowest BCUT2D eigenvalue weighted by Gasteiger charge is -2.32. The Morgan fingerprint density at radius 2 is 2.08 bits per heavy atom. The quantitative estimate of drug-likeness (QED) is 0.677. The summed E-state index contributed by atoms with van der Waals surface area (Å²) in [6.07, 6.45) is 3.38. The van der Waals surface area contributed by atoms with Crippen LogP contribution in [0.25, 0.3) is 11.1 Å². The fraction of sp³-hybridized carbons (Fsp3) is 0.211. The van der Waals surface area contributed by atoms with Crippen LogP contribution in [0.15, 0.2) is 42.7 Å². The molecule has 1 unspecified atom stereocenters. The number of rotatable bonds is 2. The Morgan fingerprint density at radius 1 is 1.27 bits per heavy atom. The maximum absolute atomic E-state index is 14.4. The van der Waals surface area contributed by atoms with Crippen LogP contribution in [0.3, 0.4) is 0 Å². The monoisotopic (exact) mass is 370 g/mol. The van der Waals surface area contributed by atoms with Crippen molar-refractivity contribution in [2.45, 2.75) is 19.9 Å². The first-order valence-corrected chi connectivity index (χ1v) is 8.61. The summed E-state index contributed by atoms with van der Waals surface area (Å²) in [4.78, 5) is 18.8. The van der Waals surface area contributed by atoms with E-state index < -0.39 is 5.82 Å². The van der Waals surface area contributed by atoms with E-state index in [4.69, 9.17) is 11.6 Å². The second kappa shape index (κ2) is 6.21. The van der Waals surface area contributed by atoms with Crippen molar-refractivity contribution in [3.63, 3.8) is 0 Å². The van der Waals surface area contributed by atoms with Gasteiger partial charge in [-0.2, -0.15) is 5.10 Å². The zero-order valence-electron chi connectivity index (χ0n) is 14.3. The zero-order valence-corrected chi connectivity index (χ0v) is 15.0. The Kier molecular flexibility index (Phi) is 4.00. The van der Waals surface area contributed by atoms with Gasteiger partial charge in [-0.3, -0.25) is 14.5 Å². The van der Waals surface area contributed by atoms with E-state index in [1.165, 1.54) is 17.0 Å². The van der Waals surface area contributed by atoms with Crippen molar-refractivity contribution in [1.29, 1.82) is 0 Å². The van der Waals surface area contributed by atoms with Crippen LogP contribution >= 0.6 is 11.6 Å². The number of aryl methyl sites for hydroxylation is 1. The summed E-state index contributed by atoms with van der Waals surface area (Å²) in [6, 6.07) is 7.98. The number of halogens is 2. The first-order valence-electron chi connectivity index (χ1n) is 8.23. The molecule has 0 aliphatic carbocycles. The molecule has 4 rings (SSSR count). The molecule has 0 fully saturated rings. The molecule has 2 aromatic heterocycles. The number of hydrogen-bond acceptors (Lipinski definition) is 3. The van der Waals surface area contributed by atoms with Gasteiger partial charge in [0.1, 0.15) is 11.5 Å². The van der Waals surface area contributed by atoms with Crippen molar-refractivity contribution in [2.75, 3.05) is 11.4 Å². The number of anilines is 1. The van der Waals surface area contributed by atoms with Crippen LogP contribution in [0.5, 0.6) is 0 Å². The van der Waals surface area contributed by atoms with E-state index in [1.54, 1.807) is 23.1 Å².